The van der Waals surface area contributed by atoms with Crippen molar-refractivity contribution in [3.63, 3.8) is 0 Å². The number of nitrogens with two attached hydrogens (primary N) is 6. The van der Waals surface area contributed by atoms with Crippen LogP contribution in [0.4, 0.5) is 5.69 Å². The molecular formula is C65H88N20O17S4. The highest BCUT2D eigenvalue weighted by Crippen LogP contribution is 2.29. The van der Waals surface area contributed by atoms with Gasteiger partial charge < -0.3 is 108 Å². The second-order valence-corrected chi connectivity index (χ2v) is 29.6. The number of nitrogens with zero attached hydrogens (tertiary/aromatic N) is 3. The molecule has 3 aromatic carbocycles. The van der Waals surface area contributed by atoms with Gasteiger partial charge in [-0.05, 0) is 85.9 Å². The zero-order valence-corrected chi connectivity index (χ0v) is 60.7. The number of guanidine groups is 2. The number of nitrogens with one attached hydrogen (secondary N) is 11. The number of carboxylic acid groups (broad SMARTS) is 2. The number of unbranched alkanes of at least 4 members (excludes halogenated alkanes) is 2. The molecule has 0 aliphatic carbocycles. The number of para-hydroxylation sites is 1. The number of benzene rings is 3. The number of hydrogen-bond acceptors (Lipinski definition) is 21. The van der Waals surface area contributed by atoms with E-state index in [0.29, 0.717) is 60.7 Å². The van der Waals surface area contributed by atoms with Crippen molar-refractivity contribution in [2.45, 2.75) is 132 Å². The number of anilines is 1. The van der Waals surface area contributed by atoms with E-state index in [4.69, 9.17) is 34.4 Å². The molecule has 2 fully saturated rings. The molecule has 25 N–H and O–H groups in total. The Hall–Kier alpha value is -10.6. The molecule has 4 heterocycles. The molecule has 0 radical (unpaired) electrons. The molecular weight excluding hydrogens is 1460 g/mol. The van der Waals surface area contributed by atoms with Crippen LogP contribution in [-0.2, 0) is 73.5 Å². The topological polar surface area (TPSA) is 617 Å². The molecule has 0 spiro atoms. The minimum Gasteiger partial charge on any atom is -0.481 e. The molecule has 4 aromatic rings. The number of carbonyl (C=O) groups excluding carboxylic acids is 13. The smallest absolute Gasteiger partial charge is 0.305 e. The largest absolute Gasteiger partial charge is 0.481 e. The summed E-state index contributed by atoms with van der Waals surface area (Å²) in [4.78, 5) is 207. The SMILES string of the molecule is NC(=O)C1CSSCCC(=O)N[C@@H](CCCCN=C(N)N)C(=O)NCC(=O)N[C@@H](CC(=O)O)C(=O)N[C@H](Cc2c[nH]c3ccccc23)C(=O)N2CCC[C@H]2C(=O)N1.NC(=O)C1CSSCCC(=O)N[C@@H](CCCCN=C(N)N)C(=O)NCC(=O)N[C@@H](CC(=O)O)C(=O)Nc2cc(c3ccccc3c2)C(=O)N1. The number of carbonyl (C=O) groups is 15. The van der Waals surface area contributed by atoms with E-state index in [1.165, 1.54) is 54.1 Å². The number of aliphatic carboxylic acids is 2. The van der Waals surface area contributed by atoms with Gasteiger partial charge >= 0.3 is 11.9 Å². The van der Waals surface area contributed by atoms with Crippen LogP contribution in [0, 0.1) is 0 Å². The fraction of sp³-hybridized carbons (Fsp3) is 0.462. The molecule has 37 nitrogen and oxygen atoms in total. The van der Waals surface area contributed by atoms with E-state index in [9.17, 15) is 82.1 Å². The summed E-state index contributed by atoms with van der Waals surface area (Å²) in [6, 6.07) is 7.10. The highest BCUT2D eigenvalue weighted by atomic mass is 33.1. The van der Waals surface area contributed by atoms with Crippen LogP contribution >= 0.6 is 43.2 Å². The molecule has 3 aliphatic heterocycles. The van der Waals surface area contributed by atoms with Gasteiger partial charge in [-0.1, -0.05) is 85.6 Å². The Morgan fingerprint density at radius 2 is 1.04 bits per heavy atom. The van der Waals surface area contributed by atoms with Crippen molar-refractivity contribution in [2.75, 3.05) is 61.1 Å². The number of aromatic nitrogens is 1. The molecule has 574 valence electrons. The molecule has 13 amide bonds. The molecule has 2 unspecified atom stereocenters. The third-order valence-electron chi connectivity index (χ3n) is 16.3. The van der Waals surface area contributed by atoms with Gasteiger partial charge in [0.05, 0.1) is 25.9 Å². The first-order valence-corrected chi connectivity index (χ1v) is 38.5. The van der Waals surface area contributed by atoms with Gasteiger partial charge in [0.2, 0.25) is 70.9 Å². The maximum atomic E-state index is 14.3. The van der Waals surface area contributed by atoms with E-state index in [-0.39, 0.29) is 92.0 Å². The van der Waals surface area contributed by atoms with Crippen LogP contribution in [0.25, 0.3) is 21.7 Å². The summed E-state index contributed by atoms with van der Waals surface area (Å²) >= 11 is 0. The molecule has 2 saturated heterocycles. The zero-order valence-electron chi connectivity index (χ0n) is 57.5. The van der Waals surface area contributed by atoms with Crippen LogP contribution in [0.5, 0.6) is 0 Å². The molecule has 41 heteroatoms. The van der Waals surface area contributed by atoms with E-state index in [1.807, 2.05) is 18.2 Å². The van der Waals surface area contributed by atoms with E-state index in [1.54, 1.807) is 42.6 Å². The monoisotopic (exact) mass is 1550 g/mol. The van der Waals surface area contributed by atoms with Gasteiger partial charge in [-0.15, -0.1) is 0 Å². The molecule has 1 aromatic heterocycles. The van der Waals surface area contributed by atoms with Crippen molar-refractivity contribution >= 4 is 171 Å². The van der Waals surface area contributed by atoms with Crippen LogP contribution in [-0.4, -0.2) is 225 Å². The predicted molar refractivity (Wildman–Crippen MR) is 399 cm³/mol. The Bertz CT molecular complexity index is 3930. The summed E-state index contributed by atoms with van der Waals surface area (Å²) in [5.74, 6) is -11.8. The minimum atomic E-state index is -1.68. The number of carboxylic acids is 2. The third kappa shape index (κ3) is 28.1. The van der Waals surface area contributed by atoms with Crippen LogP contribution in [0.1, 0.15) is 93.0 Å². The first kappa shape index (κ1) is 84.4. The maximum absolute atomic E-state index is 14.3. The van der Waals surface area contributed by atoms with Crippen molar-refractivity contribution in [1.82, 2.24) is 57.7 Å². The molecule has 8 atom stereocenters. The molecule has 7 rings (SSSR count). The van der Waals surface area contributed by atoms with Crippen LogP contribution in [0.15, 0.2) is 76.8 Å². The van der Waals surface area contributed by atoms with Gasteiger partial charge in [0.15, 0.2) is 11.9 Å². The summed E-state index contributed by atoms with van der Waals surface area (Å²) in [5.41, 5.74) is 34.2. The summed E-state index contributed by atoms with van der Waals surface area (Å²) in [5, 5.41) is 46.2. The molecule has 3 aliphatic rings. The van der Waals surface area contributed by atoms with E-state index in [0.717, 1.165) is 10.9 Å². The summed E-state index contributed by atoms with van der Waals surface area (Å²) in [7, 11) is 4.93. The molecule has 0 saturated carbocycles. The van der Waals surface area contributed by atoms with Gasteiger partial charge in [0, 0.05) is 90.3 Å². The standard InChI is InChI=1S/C35H49N11O9S2.C30H39N9O8S2/c36-30(51)25-18-57-56-13-10-27(47)42-22(8-3-4-11-39-35(37)38)31(52)41-17-28(48)43-23(15-29(49)50)32(53)44-24(14-19-16-40-21-7-2-1-6-20(19)21)34(55)46-12-5-9-26(46)33(54)45-25;31-26(44)22-15-49-48-10-8-23(40)37-20(7-3-4-9-34-30(32)33)28(46)35-14-24(41)38-21(13-25(42)43)29(47)36-17-11-16-5-1-2-6-18(16)19(12-17)27(45)39-22/h1-2,6-7,16,22-26,40H,3-5,8-15,17-18H2,(H2,36,51)(H,41,52)(H,42,47)(H,43,48)(H,44,53)(H,45,54)(H,49,50)(H4,37,38,39);1-2,5-6,11-12,20-22H,3-4,7-10,13-15H2,(H2,31,44)(H,35,46)(H,36,47)(H,37,40)(H,38,41)(H,39,45)(H,42,43)(H4,32,33,34)/t22-,23-,24+,25?,26-;20-,21-,22?/m00/s1. The predicted octanol–water partition coefficient (Wildman–Crippen LogP) is -2.90. The van der Waals surface area contributed by atoms with E-state index >= 15 is 0 Å². The molecule has 106 heavy (non-hydrogen) atoms. The van der Waals surface area contributed by atoms with Crippen LogP contribution in [0.2, 0.25) is 0 Å². The lowest BCUT2D eigenvalue weighted by Gasteiger charge is -2.30. The highest BCUT2D eigenvalue weighted by molar-refractivity contribution is 8.77. The van der Waals surface area contributed by atoms with Crippen molar-refractivity contribution < 1.29 is 82.1 Å². The average molecular weight is 1550 g/mol. The lowest BCUT2D eigenvalue weighted by molar-refractivity contribution is -0.143. The number of amides is 13. The number of aromatic amines is 1. The Balaban J connectivity index is 0.000000336. The normalized spacial score (nSPS) is 22.1. The van der Waals surface area contributed by atoms with Gasteiger partial charge in [-0.3, -0.25) is 81.9 Å². The first-order chi connectivity index (χ1) is 50.6. The Kier molecular flexibility index (Phi) is 34.3. The van der Waals surface area contributed by atoms with Crippen LogP contribution < -0.4 is 87.6 Å². The number of primary amides is 2. The van der Waals surface area contributed by atoms with Crippen molar-refractivity contribution in [1.29, 1.82) is 0 Å². The van der Waals surface area contributed by atoms with E-state index in [2.05, 4.69) is 68.1 Å². The highest BCUT2D eigenvalue weighted by Gasteiger charge is 2.40. The van der Waals surface area contributed by atoms with Gasteiger partial charge in [0.1, 0.15) is 48.3 Å². The lowest BCUT2D eigenvalue weighted by Crippen LogP contribution is -2.59. The van der Waals surface area contributed by atoms with Crippen molar-refractivity contribution in [2.24, 2.45) is 44.4 Å². The number of hydrogen-bond donors (Lipinski definition) is 19. The quantitative estimate of drug-likeness (QED) is 0.0206. The summed E-state index contributed by atoms with van der Waals surface area (Å²) < 4.78 is 0. The zero-order chi connectivity index (χ0) is 77.4. The van der Waals surface area contributed by atoms with Crippen molar-refractivity contribution in [3.05, 3.63) is 78.0 Å². The minimum absolute atomic E-state index is 0.00823. The van der Waals surface area contributed by atoms with Crippen molar-refractivity contribution in [3.8, 4) is 0 Å². The Morgan fingerprint density at radius 3 is 1.58 bits per heavy atom. The fourth-order valence-corrected chi connectivity index (χ4v) is 15.4. The van der Waals surface area contributed by atoms with Gasteiger partial charge in [-0.2, -0.15) is 0 Å². The van der Waals surface area contributed by atoms with Gasteiger partial charge in [-0.25, -0.2) is 0 Å². The number of H-pyrrole nitrogens is 1. The summed E-state index contributed by atoms with van der Waals surface area (Å²) in [6.07, 6.45) is 2.84. The third-order valence-corrected chi connectivity index (χ3v) is 21.1. The van der Waals surface area contributed by atoms with E-state index < -0.39 is 163 Å². The second-order valence-electron chi connectivity index (χ2n) is 24.4. The van der Waals surface area contributed by atoms with Gasteiger partial charge in [0.25, 0.3) is 5.91 Å². The fourth-order valence-electron chi connectivity index (χ4n) is 11.1. The molecule has 2 bridgehead atoms. The first-order valence-electron chi connectivity index (χ1n) is 33.5. The Labute approximate surface area is 623 Å². The Morgan fingerprint density at radius 1 is 0.528 bits per heavy atom. The summed E-state index contributed by atoms with van der Waals surface area (Å²) in [6.45, 7) is -0.541. The number of fused-ring (bicyclic) bond motifs is 6. The number of rotatable bonds is 18. The number of aliphatic imine (C=N–C) groups is 2. The van der Waals surface area contributed by atoms with Crippen LogP contribution in [0.3, 0.4) is 0 Å². The average Bonchev–Trinajstić information content (AvgIpc) is 1.32. The second kappa shape index (κ2) is 43.0. The maximum Gasteiger partial charge on any atom is 0.305 e. The lowest BCUT2D eigenvalue weighted by atomic mass is 10.0.